The second-order valence-electron chi connectivity index (χ2n) is 6.23. The van der Waals surface area contributed by atoms with Gasteiger partial charge in [-0.2, -0.15) is 0 Å². The van der Waals surface area contributed by atoms with Crippen molar-refractivity contribution in [3.8, 4) is 17.0 Å². The number of urea groups is 1. The highest BCUT2D eigenvalue weighted by Crippen LogP contribution is 2.22. The van der Waals surface area contributed by atoms with Crippen LogP contribution in [0.15, 0.2) is 59.1 Å². The predicted molar refractivity (Wildman–Crippen MR) is 110 cm³/mol. The Morgan fingerprint density at radius 1 is 1.07 bits per heavy atom. The molecular formula is C21H20ClN3O5. The summed E-state index contributed by atoms with van der Waals surface area (Å²) in [5.74, 6) is 0.529. The molecule has 0 spiro atoms. The fourth-order valence-corrected chi connectivity index (χ4v) is 2.61. The van der Waals surface area contributed by atoms with Crippen molar-refractivity contribution in [2.24, 2.45) is 0 Å². The molecule has 2 amide bonds. The highest BCUT2D eigenvalue weighted by molar-refractivity contribution is 6.30. The molecule has 0 bridgehead atoms. The molecule has 0 aliphatic carbocycles. The largest absolute Gasteiger partial charge is 0.497 e. The van der Waals surface area contributed by atoms with Gasteiger partial charge in [-0.3, -0.25) is 4.79 Å². The molecule has 0 unspecified atom stereocenters. The summed E-state index contributed by atoms with van der Waals surface area (Å²) in [6, 6.07) is 15.6. The lowest BCUT2D eigenvalue weighted by atomic mass is 10.1. The van der Waals surface area contributed by atoms with Crippen LogP contribution in [0.25, 0.3) is 11.3 Å². The van der Waals surface area contributed by atoms with Crippen LogP contribution in [-0.2, 0) is 22.7 Å². The number of benzene rings is 2. The maximum absolute atomic E-state index is 11.8. The number of carbonyl (C=O) groups excluding carboxylic acids is 2. The number of hydrogen-bond donors (Lipinski definition) is 2. The smallest absolute Gasteiger partial charge is 0.325 e. The Hall–Kier alpha value is -3.52. The van der Waals surface area contributed by atoms with Crippen LogP contribution < -0.4 is 15.4 Å². The third kappa shape index (κ3) is 6.25. The molecule has 0 atom stereocenters. The molecule has 9 heteroatoms. The summed E-state index contributed by atoms with van der Waals surface area (Å²) in [4.78, 5) is 23.6. The van der Waals surface area contributed by atoms with Gasteiger partial charge in [0.2, 0.25) is 0 Å². The molecule has 8 nitrogen and oxygen atoms in total. The van der Waals surface area contributed by atoms with Gasteiger partial charge in [0.15, 0.2) is 12.4 Å². The Balaban J connectivity index is 1.38. The van der Waals surface area contributed by atoms with Gasteiger partial charge in [0, 0.05) is 23.2 Å². The van der Waals surface area contributed by atoms with E-state index in [-0.39, 0.29) is 13.2 Å². The summed E-state index contributed by atoms with van der Waals surface area (Å²) in [7, 11) is 1.59. The lowest BCUT2D eigenvalue weighted by Gasteiger charge is -2.07. The molecule has 1 aromatic heterocycles. The molecule has 30 heavy (non-hydrogen) atoms. The minimum Gasteiger partial charge on any atom is -0.497 e. The Morgan fingerprint density at radius 2 is 1.80 bits per heavy atom. The minimum absolute atomic E-state index is 0.0872. The van der Waals surface area contributed by atoms with Crippen molar-refractivity contribution >= 4 is 23.6 Å². The molecule has 156 valence electrons. The van der Waals surface area contributed by atoms with Crippen LogP contribution in [0.3, 0.4) is 0 Å². The van der Waals surface area contributed by atoms with E-state index in [0.29, 0.717) is 23.0 Å². The standard InChI is InChI=1S/C21H20ClN3O5/c1-28-17-8-4-15(5-9-17)19-10-18(30-25-19)13-29-20(26)12-24-21(27)23-11-14-2-6-16(22)7-3-14/h2-10H,11-13H2,1H3,(H2,23,24,27). The second-order valence-corrected chi connectivity index (χ2v) is 6.67. The van der Waals surface area contributed by atoms with E-state index in [1.807, 2.05) is 24.3 Å². The molecule has 3 rings (SSSR count). The van der Waals surface area contributed by atoms with Crippen LogP contribution in [-0.4, -0.2) is 30.8 Å². The van der Waals surface area contributed by atoms with E-state index in [2.05, 4.69) is 15.8 Å². The van der Waals surface area contributed by atoms with E-state index >= 15 is 0 Å². The van der Waals surface area contributed by atoms with Crippen LogP contribution in [0.5, 0.6) is 5.75 Å². The Kier molecular flexibility index (Phi) is 7.29. The average molecular weight is 430 g/mol. The highest BCUT2D eigenvalue weighted by Gasteiger charge is 2.11. The lowest BCUT2D eigenvalue weighted by molar-refractivity contribution is -0.144. The fourth-order valence-electron chi connectivity index (χ4n) is 2.48. The van der Waals surface area contributed by atoms with Gasteiger partial charge in [-0.25, -0.2) is 4.79 Å². The van der Waals surface area contributed by atoms with Crippen molar-refractivity contribution in [2.45, 2.75) is 13.2 Å². The molecule has 2 aromatic carbocycles. The molecule has 0 aliphatic rings. The fraction of sp³-hybridized carbons (Fsp3) is 0.190. The number of amides is 2. The monoisotopic (exact) mass is 429 g/mol. The average Bonchev–Trinajstić information content (AvgIpc) is 3.25. The van der Waals surface area contributed by atoms with Crippen LogP contribution in [0, 0.1) is 0 Å². The Bertz CT molecular complexity index is 987. The summed E-state index contributed by atoms with van der Waals surface area (Å²) in [5, 5.41) is 9.65. The van der Waals surface area contributed by atoms with Crippen LogP contribution in [0.4, 0.5) is 4.79 Å². The number of halogens is 1. The van der Waals surface area contributed by atoms with E-state index in [9.17, 15) is 9.59 Å². The van der Waals surface area contributed by atoms with Crippen molar-refractivity contribution in [2.75, 3.05) is 13.7 Å². The Morgan fingerprint density at radius 3 is 2.50 bits per heavy atom. The van der Waals surface area contributed by atoms with Crippen LogP contribution in [0.1, 0.15) is 11.3 Å². The zero-order valence-electron chi connectivity index (χ0n) is 16.2. The van der Waals surface area contributed by atoms with Crippen molar-refractivity contribution in [3.63, 3.8) is 0 Å². The molecule has 0 saturated heterocycles. The van der Waals surface area contributed by atoms with Gasteiger partial charge < -0.3 is 24.6 Å². The molecule has 0 aliphatic heterocycles. The van der Waals surface area contributed by atoms with Crippen molar-refractivity contribution in [3.05, 3.63) is 70.9 Å². The summed E-state index contributed by atoms with van der Waals surface area (Å²) in [6.07, 6.45) is 0. The number of esters is 1. The lowest BCUT2D eigenvalue weighted by Crippen LogP contribution is -2.38. The maximum Gasteiger partial charge on any atom is 0.325 e. The van der Waals surface area contributed by atoms with E-state index in [1.54, 1.807) is 37.4 Å². The van der Waals surface area contributed by atoms with E-state index in [1.165, 1.54) is 0 Å². The number of methoxy groups -OCH3 is 1. The first kappa shape index (κ1) is 21.2. The molecule has 0 radical (unpaired) electrons. The number of nitrogens with zero attached hydrogens (tertiary/aromatic N) is 1. The molecule has 2 N–H and O–H groups in total. The van der Waals surface area contributed by atoms with Gasteiger partial charge in [-0.1, -0.05) is 28.9 Å². The van der Waals surface area contributed by atoms with Gasteiger partial charge in [0.1, 0.15) is 18.0 Å². The number of hydrogen-bond acceptors (Lipinski definition) is 6. The quantitative estimate of drug-likeness (QED) is 0.531. The first-order valence-electron chi connectivity index (χ1n) is 9.05. The topological polar surface area (TPSA) is 103 Å². The van der Waals surface area contributed by atoms with Crippen LogP contribution >= 0.6 is 11.6 Å². The van der Waals surface area contributed by atoms with E-state index in [0.717, 1.165) is 16.9 Å². The van der Waals surface area contributed by atoms with Gasteiger partial charge in [-0.15, -0.1) is 0 Å². The molecule has 0 fully saturated rings. The number of rotatable bonds is 8. The van der Waals surface area contributed by atoms with E-state index < -0.39 is 12.0 Å². The summed E-state index contributed by atoms with van der Waals surface area (Å²) in [5.41, 5.74) is 2.34. The molecule has 0 saturated carbocycles. The number of nitrogens with one attached hydrogen (secondary N) is 2. The zero-order chi connectivity index (χ0) is 21.3. The predicted octanol–water partition coefficient (Wildman–Crippen LogP) is 3.55. The maximum atomic E-state index is 11.8. The van der Waals surface area contributed by atoms with Crippen molar-refractivity contribution < 1.29 is 23.6 Å². The first-order chi connectivity index (χ1) is 14.5. The van der Waals surface area contributed by atoms with Crippen molar-refractivity contribution in [1.29, 1.82) is 0 Å². The highest BCUT2D eigenvalue weighted by atomic mass is 35.5. The van der Waals surface area contributed by atoms with Gasteiger partial charge >= 0.3 is 12.0 Å². The van der Waals surface area contributed by atoms with Gasteiger partial charge in [-0.05, 0) is 42.0 Å². The SMILES string of the molecule is COc1ccc(-c2cc(COC(=O)CNC(=O)NCc3ccc(Cl)cc3)on2)cc1. The van der Waals surface area contributed by atoms with Gasteiger partial charge in [0.25, 0.3) is 0 Å². The van der Waals surface area contributed by atoms with Crippen LogP contribution in [0.2, 0.25) is 5.02 Å². The Labute approximate surface area is 178 Å². The zero-order valence-corrected chi connectivity index (χ0v) is 16.9. The third-order valence-corrected chi connectivity index (χ3v) is 4.33. The molecule has 3 aromatic rings. The van der Waals surface area contributed by atoms with E-state index in [4.69, 9.17) is 25.6 Å². The summed E-state index contributed by atoms with van der Waals surface area (Å²) < 4.78 is 15.4. The number of ether oxygens (including phenoxy) is 2. The minimum atomic E-state index is -0.598. The third-order valence-electron chi connectivity index (χ3n) is 4.08. The number of aromatic nitrogens is 1. The number of carbonyl (C=O) groups is 2. The van der Waals surface area contributed by atoms with Crippen molar-refractivity contribution in [1.82, 2.24) is 15.8 Å². The normalized spacial score (nSPS) is 10.3. The first-order valence-corrected chi connectivity index (χ1v) is 9.43. The molecule has 1 heterocycles. The molecular weight excluding hydrogens is 410 g/mol. The van der Waals surface area contributed by atoms with Gasteiger partial charge in [0.05, 0.1) is 7.11 Å². The summed E-state index contributed by atoms with van der Waals surface area (Å²) >= 11 is 5.81. The second kappa shape index (κ2) is 10.3. The summed E-state index contributed by atoms with van der Waals surface area (Å²) in [6.45, 7) is -0.0494.